The van der Waals surface area contributed by atoms with Crippen molar-refractivity contribution in [3.63, 3.8) is 0 Å². The van der Waals surface area contributed by atoms with Crippen LogP contribution in [0, 0.1) is 0 Å². The van der Waals surface area contributed by atoms with Gasteiger partial charge >= 0.3 is 0 Å². The lowest BCUT2D eigenvalue weighted by atomic mass is 10.0. The van der Waals surface area contributed by atoms with Crippen molar-refractivity contribution in [2.75, 3.05) is 6.54 Å². The second kappa shape index (κ2) is 4.45. The highest BCUT2D eigenvalue weighted by Crippen LogP contribution is 2.27. The summed E-state index contributed by atoms with van der Waals surface area (Å²) in [6.07, 6.45) is 4.07. The predicted octanol–water partition coefficient (Wildman–Crippen LogP) is 3.01. The molecule has 1 fully saturated rings. The predicted molar refractivity (Wildman–Crippen MR) is 61.8 cm³/mol. The van der Waals surface area contributed by atoms with E-state index >= 15 is 0 Å². The molecule has 1 aliphatic rings. The third kappa shape index (κ3) is 2.48. The summed E-state index contributed by atoms with van der Waals surface area (Å²) in [5, 5.41) is 0. The molecule has 0 amide bonds. The molecule has 0 bridgehead atoms. The molecule has 1 rings (SSSR count). The lowest BCUT2D eigenvalue weighted by Crippen LogP contribution is -2.35. The zero-order valence-corrected chi connectivity index (χ0v) is 10.5. The molecule has 2 atom stereocenters. The number of hydrogen-bond acceptors (Lipinski definition) is 1. The van der Waals surface area contributed by atoms with Crippen LogP contribution in [0.15, 0.2) is 0 Å². The highest BCUT2D eigenvalue weighted by molar-refractivity contribution is 14.1. The Morgan fingerprint density at radius 3 is 2.80 bits per heavy atom. The van der Waals surface area contributed by atoms with Crippen LogP contribution in [-0.2, 0) is 0 Å². The monoisotopic (exact) mass is 365 g/mol. The first-order valence-corrected chi connectivity index (χ1v) is 6.01. The summed E-state index contributed by atoms with van der Waals surface area (Å²) in [5.41, 5.74) is 0. The third-order valence-electron chi connectivity index (χ3n) is 2.05. The summed E-state index contributed by atoms with van der Waals surface area (Å²) >= 11 is 5.03. The van der Waals surface area contributed by atoms with Crippen LogP contribution in [0.5, 0.6) is 0 Å². The van der Waals surface area contributed by atoms with Crippen molar-refractivity contribution in [1.82, 2.24) is 3.11 Å². The van der Waals surface area contributed by atoms with Crippen LogP contribution < -0.4 is 0 Å². The van der Waals surface area contributed by atoms with Crippen LogP contribution >= 0.6 is 45.5 Å². The van der Waals surface area contributed by atoms with Gasteiger partial charge in [-0.25, -0.2) is 3.11 Å². The second-order valence-corrected chi connectivity index (χ2v) is 5.81. The van der Waals surface area contributed by atoms with E-state index in [2.05, 4.69) is 55.5 Å². The first kappa shape index (κ1) is 9.51. The number of alkyl halides is 1. The third-order valence-corrected chi connectivity index (χ3v) is 4.45. The van der Waals surface area contributed by atoms with E-state index in [1.807, 2.05) is 0 Å². The van der Waals surface area contributed by atoms with Gasteiger partial charge in [0, 0.05) is 39.4 Å². The molecule has 3 heteroatoms. The Kier molecular flexibility index (Phi) is 4.23. The average molecular weight is 365 g/mol. The first-order valence-electron chi connectivity index (χ1n) is 3.80. The molecule has 0 saturated carbocycles. The van der Waals surface area contributed by atoms with E-state index < -0.39 is 0 Å². The van der Waals surface area contributed by atoms with Gasteiger partial charge in [0.05, 0.1) is 0 Å². The highest BCUT2D eigenvalue weighted by Gasteiger charge is 2.23. The Labute approximate surface area is 90.6 Å². The summed E-state index contributed by atoms with van der Waals surface area (Å²) in [6, 6.07) is 0.844. The molecular weight excluding hydrogens is 352 g/mol. The quantitative estimate of drug-likeness (QED) is 0.393. The fraction of sp³-hybridized carbons (Fsp3) is 1.00. The molecule has 0 spiro atoms. The Hall–Kier alpha value is 1.42. The number of nitrogens with zero attached hydrogens (tertiary/aromatic N) is 1. The van der Waals surface area contributed by atoms with Gasteiger partial charge in [-0.05, 0) is 19.3 Å². The van der Waals surface area contributed by atoms with Gasteiger partial charge in [-0.3, -0.25) is 0 Å². The van der Waals surface area contributed by atoms with Crippen LogP contribution in [-0.4, -0.2) is 19.6 Å². The molecule has 1 heterocycles. The van der Waals surface area contributed by atoms with E-state index in [0.29, 0.717) is 0 Å². The molecule has 10 heavy (non-hydrogen) atoms. The molecule has 0 N–H and O–H groups in total. The minimum Gasteiger partial charge on any atom is -0.244 e. The van der Waals surface area contributed by atoms with E-state index in [-0.39, 0.29) is 0 Å². The number of halogens is 2. The number of hydrogen-bond donors (Lipinski definition) is 0. The van der Waals surface area contributed by atoms with Crippen molar-refractivity contribution in [3.8, 4) is 0 Å². The second-order valence-electron chi connectivity index (χ2n) is 2.81. The normalized spacial score (nSPS) is 36.3. The van der Waals surface area contributed by atoms with Crippen molar-refractivity contribution < 1.29 is 0 Å². The average Bonchev–Trinajstić information content (AvgIpc) is 1.94. The van der Waals surface area contributed by atoms with Crippen molar-refractivity contribution in [3.05, 3.63) is 0 Å². The van der Waals surface area contributed by atoms with Crippen molar-refractivity contribution in [2.24, 2.45) is 0 Å². The van der Waals surface area contributed by atoms with Crippen LogP contribution in [0.25, 0.3) is 0 Å². The van der Waals surface area contributed by atoms with E-state index in [1.165, 1.54) is 25.8 Å². The molecule has 0 aromatic carbocycles. The number of piperidine rings is 1. The Morgan fingerprint density at radius 1 is 1.60 bits per heavy atom. The molecule has 1 aliphatic heterocycles. The summed E-state index contributed by atoms with van der Waals surface area (Å²) < 4.78 is 3.39. The van der Waals surface area contributed by atoms with Crippen LogP contribution in [0.1, 0.15) is 26.2 Å². The zero-order valence-electron chi connectivity index (χ0n) is 6.19. The topological polar surface area (TPSA) is 3.24 Å². The van der Waals surface area contributed by atoms with Gasteiger partial charge in [0.15, 0.2) is 0 Å². The maximum atomic E-state index is 2.58. The largest absolute Gasteiger partial charge is 0.244 e. The van der Waals surface area contributed by atoms with Gasteiger partial charge in [-0.2, -0.15) is 0 Å². The Bertz CT molecular complexity index is 108. The summed E-state index contributed by atoms with van der Waals surface area (Å²) in [5.74, 6) is 0. The lowest BCUT2D eigenvalue weighted by Gasteiger charge is -2.32. The van der Waals surface area contributed by atoms with Crippen molar-refractivity contribution in [2.45, 2.75) is 36.2 Å². The first-order chi connectivity index (χ1) is 4.74. The minimum absolute atomic E-state index is 0.844. The molecular formula is C7H13I2N. The van der Waals surface area contributed by atoms with E-state index in [9.17, 15) is 0 Å². The Balaban J connectivity index is 2.38. The van der Waals surface area contributed by atoms with E-state index in [4.69, 9.17) is 0 Å². The van der Waals surface area contributed by atoms with Gasteiger partial charge < -0.3 is 0 Å². The maximum Gasteiger partial charge on any atom is 0.0204 e. The standard InChI is InChI=1S/C7H13I2N/c1-2-7-5-6(8)3-4-10(7)9/h6-7H,2-5H2,1H3. The molecule has 60 valence electrons. The smallest absolute Gasteiger partial charge is 0.0204 e. The van der Waals surface area contributed by atoms with E-state index in [1.54, 1.807) is 0 Å². The molecule has 0 radical (unpaired) electrons. The molecule has 1 saturated heterocycles. The van der Waals surface area contributed by atoms with Crippen molar-refractivity contribution >= 4 is 45.5 Å². The highest BCUT2D eigenvalue weighted by atomic mass is 127. The van der Waals surface area contributed by atoms with Gasteiger partial charge in [0.25, 0.3) is 0 Å². The SMILES string of the molecule is CCC1CC(I)CCN1I. The maximum absolute atomic E-state index is 2.58. The summed E-state index contributed by atoms with van der Waals surface area (Å²) in [6.45, 7) is 3.57. The van der Waals surface area contributed by atoms with Crippen LogP contribution in [0.4, 0.5) is 0 Å². The van der Waals surface area contributed by atoms with Gasteiger partial charge in [-0.1, -0.05) is 29.5 Å². The van der Waals surface area contributed by atoms with Crippen molar-refractivity contribution in [1.29, 1.82) is 0 Å². The van der Waals surface area contributed by atoms with Crippen LogP contribution in [0.2, 0.25) is 0 Å². The molecule has 0 aromatic rings. The van der Waals surface area contributed by atoms with Gasteiger partial charge in [-0.15, -0.1) is 0 Å². The number of rotatable bonds is 1. The van der Waals surface area contributed by atoms with Gasteiger partial charge in [0.1, 0.15) is 0 Å². The zero-order chi connectivity index (χ0) is 7.56. The molecule has 0 aromatic heterocycles. The van der Waals surface area contributed by atoms with Gasteiger partial charge in [0.2, 0.25) is 0 Å². The summed E-state index contributed by atoms with van der Waals surface area (Å²) in [7, 11) is 0. The minimum atomic E-state index is 0.844. The molecule has 0 aliphatic carbocycles. The fourth-order valence-electron chi connectivity index (χ4n) is 1.34. The van der Waals surface area contributed by atoms with E-state index in [0.717, 1.165) is 9.97 Å². The fourth-order valence-corrected chi connectivity index (χ4v) is 3.10. The molecule has 2 unspecified atom stereocenters. The summed E-state index contributed by atoms with van der Waals surface area (Å²) in [4.78, 5) is 0. The lowest BCUT2D eigenvalue weighted by molar-refractivity contribution is 0.302. The van der Waals surface area contributed by atoms with Crippen LogP contribution in [0.3, 0.4) is 0 Å². The molecule has 1 nitrogen and oxygen atoms in total. The Morgan fingerprint density at radius 2 is 2.30 bits per heavy atom.